The minimum absolute atomic E-state index is 0.0942. The summed E-state index contributed by atoms with van der Waals surface area (Å²) in [7, 11) is 0. The summed E-state index contributed by atoms with van der Waals surface area (Å²) in [5, 5.41) is 0. The third-order valence-electron chi connectivity index (χ3n) is 3.01. The molecule has 2 N–H and O–H groups in total. The second-order valence-corrected chi connectivity index (χ2v) is 5.14. The van der Waals surface area contributed by atoms with Crippen LogP contribution < -0.4 is 15.4 Å². The van der Waals surface area contributed by atoms with Crippen molar-refractivity contribution in [2.24, 2.45) is 0 Å². The van der Waals surface area contributed by atoms with Crippen LogP contribution in [0, 0.1) is 0 Å². The van der Waals surface area contributed by atoms with Crippen molar-refractivity contribution in [2.75, 3.05) is 17.2 Å². The van der Waals surface area contributed by atoms with Crippen molar-refractivity contribution in [3.63, 3.8) is 0 Å². The van der Waals surface area contributed by atoms with E-state index in [1.54, 1.807) is 0 Å². The Labute approximate surface area is 125 Å². The van der Waals surface area contributed by atoms with Crippen LogP contribution in [0.2, 0.25) is 0 Å². The zero-order valence-corrected chi connectivity index (χ0v) is 12.8. The van der Waals surface area contributed by atoms with Crippen molar-refractivity contribution < 1.29 is 4.74 Å². The van der Waals surface area contributed by atoms with Gasteiger partial charge in [-0.3, -0.25) is 0 Å². The predicted molar refractivity (Wildman–Crippen MR) is 85.4 cm³/mol. The van der Waals surface area contributed by atoms with Crippen LogP contribution in [0.4, 0.5) is 11.5 Å². The molecule has 0 spiro atoms. The third kappa shape index (κ3) is 4.34. The van der Waals surface area contributed by atoms with E-state index < -0.39 is 0 Å². The number of aromatic nitrogens is 2. The first kappa shape index (κ1) is 15.1. The van der Waals surface area contributed by atoms with Gasteiger partial charge in [0.2, 0.25) is 5.88 Å². The molecule has 0 atom stereocenters. The Morgan fingerprint density at radius 2 is 2.05 bits per heavy atom. The minimum Gasteiger partial charge on any atom is -0.475 e. The van der Waals surface area contributed by atoms with Gasteiger partial charge in [-0.1, -0.05) is 12.1 Å². The van der Waals surface area contributed by atoms with Gasteiger partial charge in [0, 0.05) is 24.8 Å². The molecule has 112 valence electrons. The number of anilines is 2. The van der Waals surface area contributed by atoms with Gasteiger partial charge in [-0.05, 0) is 38.5 Å². The minimum atomic E-state index is 0.0942. The van der Waals surface area contributed by atoms with Gasteiger partial charge in [-0.15, -0.1) is 0 Å². The van der Waals surface area contributed by atoms with Crippen molar-refractivity contribution in [3.05, 3.63) is 42.2 Å². The molecule has 0 saturated carbocycles. The maximum absolute atomic E-state index is 5.83. The molecule has 0 unspecified atom stereocenters. The largest absolute Gasteiger partial charge is 0.475 e. The van der Waals surface area contributed by atoms with Crippen LogP contribution in [0.5, 0.6) is 5.88 Å². The Balaban J connectivity index is 2.17. The number of nitrogens with zero attached hydrogens (tertiary/aromatic N) is 3. The fourth-order valence-electron chi connectivity index (χ4n) is 2.08. The molecule has 0 aliphatic rings. The smallest absolute Gasteiger partial charge is 0.218 e. The Morgan fingerprint density at radius 3 is 2.71 bits per heavy atom. The summed E-state index contributed by atoms with van der Waals surface area (Å²) in [4.78, 5) is 10.6. The lowest BCUT2D eigenvalue weighted by Crippen LogP contribution is -2.23. The number of rotatable bonds is 6. The summed E-state index contributed by atoms with van der Waals surface area (Å²) < 4.78 is 5.62. The quantitative estimate of drug-likeness (QED) is 0.827. The summed E-state index contributed by atoms with van der Waals surface area (Å²) in [6.07, 6.45) is 1.63. The molecule has 0 radical (unpaired) electrons. The highest BCUT2D eigenvalue weighted by atomic mass is 16.5. The Morgan fingerprint density at radius 1 is 1.24 bits per heavy atom. The van der Waals surface area contributed by atoms with Crippen LogP contribution in [0.25, 0.3) is 0 Å². The normalized spacial score (nSPS) is 10.7. The molecule has 1 aromatic heterocycles. The second kappa shape index (κ2) is 6.92. The van der Waals surface area contributed by atoms with E-state index in [-0.39, 0.29) is 6.10 Å². The Hall–Kier alpha value is -2.30. The van der Waals surface area contributed by atoms with E-state index in [1.165, 1.54) is 6.33 Å². The van der Waals surface area contributed by atoms with E-state index >= 15 is 0 Å². The van der Waals surface area contributed by atoms with Gasteiger partial charge in [-0.2, -0.15) is 0 Å². The van der Waals surface area contributed by atoms with E-state index in [9.17, 15) is 0 Å². The summed E-state index contributed by atoms with van der Waals surface area (Å²) in [6.45, 7) is 7.64. The lowest BCUT2D eigenvalue weighted by Gasteiger charge is -2.22. The number of nitrogen functional groups attached to an aromatic ring is 1. The second-order valence-electron chi connectivity index (χ2n) is 5.14. The van der Waals surface area contributed by atoms with Gasteiger partial charge in [-0.25, -0.2) is 9.97 Å². The summed E-state index contributed by atoms with van der Waals surface area (Å²) in [6, 6.07) is 9.77. The highest BCUT2D eigenvalue weighted by Gasteiger charge is 2.09. The number of hydrogen-bond acceptors (Lipinski definition) is 5. The van der Waals surface area contributed by atoms with E-state index in [0.29, 0.717) is 5.88 Å². The molecule has 1 heterocycles. The molecule has 2 rings (SSSR count). The predicted octanol–water partition coefficient (Wildman–Crippen LogP) is 2.87. The van der Waals surface area contributed by atoms with E-state index in [4.69, 9.17) is 10.5 Å². The highest BCUT2D eigenvalue weighted by molar-refractivity contribution is 5.45. The molecule has 0 aliphatic carbocycles. The van der Waals surface area contributed by atoms with Crippen molar-refractivity contribution in [3.8, 4) is 5.88 Å². The average Bonchev–Trinajstić information content (AvgIpc) is 2.44. The summed E-state index contributed by atoms with van der Waals surface area (Å²) in [5.74, 6) is 1.45. The fourth-order valence-corrected chi connectivity index (χ4v) is 2.08. The third-order valence-corrected chi connectivity index (χ3v) is 3.01. The van der Waals surface area contributed by atoms with Gasteiger partial charge in [0.05, 0.1) is 6.10 Å². The number of nitrogens with two attached hydrogens (primary N) is 1. The lowest BCUT2D eigenvalue weighted by atomic mass is 10.2. The van der Waals surface area contributed by atoms with E-state index in [0.717, 1.165) is 30.2 Å². The first-order chi connectivity index (χ1) is 10.1. The van der Waals surface area contributed by atoms with Gasteiger partial charge in [0.25, 0.3) is 0 Å². The first-order valence-electron chi connectivity index (χ1n) is 7.16. The van der Waals surface area contributed by atoms with Crippen LogP contribution in [0.3, 0.4) is 0 Å². The van der Waals surface area contributed by atoms with E-state index in [1.807, 2.05) is 38.1 Å². The van der Waals surface area contributed by atoms with Gasteiger partial charge >= 0.3 is 0 Å². The number of ether oxygens (including phenoxy) is 1. The van der Waals surface area contributed by atoms with Crippen molar-refractivity contribution in [1.82, 2.24) is 9.97 Å². The van der Waals surface area contributed by atoms with E-state index in [2.05, 4.69) is 27.9 Å². The number of benzene rings is 1. The Kier molecular flexibility index (Phi) is 4.98. The molecular formula is C16H22N4O. The van der Waals surface area contributed by atoms with Crippen LogP contribution in [0.15, 0.2) is 36.7 Å². The monoisotopic (exact) mass is 286 g/mol. The Bertz CT molecular complexity index is 586. The van der Waals surface area contributed by atoms with Gasteiger partial charge in [0.1, 0.15) is 12.1 Å². The molecule has 21 heavy (non-hydrogen) atoms. The zero-order chi connectivity index (χ0) is 15.2. The average molecular weight is 286 g/mol. The van der Waals surface area contributed by atoms with Crippen molar-refractivity contribution in [2.45, 2.75) is 33.4 Å². The van der Waals surface area contributed by atoms with Crippen LogP contribution in [0.1, 0.15) is 26.3 Å². The first-order valence-corrected chi connectivity index (χ1v) is 7.16. The van der Waals surface area contributed by atoms with Crippen LogP contribution in [-0.2, 0) is 6.54 Å². The molecule has 5 heteroatoms. The van der Waals surface area contributed by atoms with Gasteiger partial charge < -0.3 is 15.4 Å². The topological polar surface area (TPSA) is 64.3 Å². The zero-order valence-electron chi connectivity index (χ0n) is 12.8. The SMILES string of the molecule is CCN(Cc1cccc(N)c1)c1cc(OC(C)C)ncn1. The van der Waals surface area contributed by atoms with Crippen LogP contribution in [-0.4, -0.2) is 22.6 Å². The maximum Gasteiger partial charge on any atom is 0.218 e. The molecule has 1 aromatic carbocycles. The molecule has 0 bridgehead atoms. The fraction of sp³-hybridized carbons (Fsp3) is 0.375. The molecule has 0 amide bonds. The highest BCUT2D eigenvalue weighted by Crippen LogP contribution is 2.19. The van der Waals surface area contributed by atoms with Crippen molar-refractivity contribution in [1.29, 1.82) is 0 Å². The standard InChI is InChI=1S/C16H22N4O/c1-4-20(10-13-6-5-7-14(17)8-13)15-9-16(19-11-18-15)21-12(2)3/h5-9,11-12H,4,10,17H2,1-3H3. The molecule has 5 nitrogen and oxygen atoms in total. The summed E-state index contributed by atoms with van der Waals surface area (Å²) >= 11 is 0. The molecule has 0 aliphatic heterocycles. The molecular weight excluding hydrogens is 264 g/mol. The molecule has 0 saturated heterocycles. The maximum atomic E-state index is 5.83. The summed E-state index contributed by atoms with van der Waals surface area (Å²) in [5.41, 5.74) is 7.76. The molecule has 0 fully saturated rings. The van der Waals surface area contributed by atoms with Crippen LogP contribution >= 0.6 is 0 Å². The number of hydrogen-bond donors (Lipinski definition) is 1. The van der Waals surface area contributed by atoms with Gasteiger partial charge in [0.15, 0.2) is 0 Å². The lowest BCUT2D eigenvalue weighted by molar-refractivity contribution is 0.232. The molecule has 2 aromatic rings. The van der Waals surface area contributed by atoms with Crippen molar-refractivity contribution >= 4 is 11.5 Å².